The van der Waals surface area contributed by atoms with Crippen LogP contribution in [0.2, 0.25) is 0 Å². The number of oxime groups is 1. The summed E-state index contributed by atoms with van der Waals surface area (Å²) >= 11 is 0. The van der Waals surface area contributed by atoms with Crippen molar-refractivity contribution in [1.82, 2.24) is 5.32 Å². The lowest BCUT2D eigenvalue weighted by atomic mass is 10.00. The van der Waals surface area contributed by atoms with E-state index in [1.54, 1.807) is 0 Å². The highest BCUT2D eigenvalue weighted by molar-refractivity contribution is 5.96. The van der Waals surface area contributed by atoms with Crippen LogP contribution in [0.15, 0.2) is 23.4 Å². The summed E-state index contributed by atoms with van der Waals surface area (Å²) in [6, 6.07) is 5.88. The number of nitrogens with one attached hydrogen (secondary N) is 1. The third kappa shape index (κ3) is 3.13. The van der Waals surface area contributed by atoms with Crippen molar-refractivity contribution < 1.29 is 9.63 Å². The normalized spacial score (nSPS) is 21.8. The average molecular weight is 260 g/mol. The molecule has 1 amide bonds. The number of nitrogens with zero attached hydrogens (tertiary/aromatic N) is 1. The van der Waals surface area contributed by atoms with E-state index in [1.165, 1.54) is 0 Å². The minimum absolute atomic E-state index is 0.0596. The zero-order valence-electron chi connectivity index (χ0n) is 11.9. The number of aryl methyl sites for hydroxylation is 2. The van der Waals surface area contributed by atoms with Crippen LogP contribution in [-0.4, -0.2) is 23.8 Å². The molecule has 1 aliphatic rings. The zero-order valence-corrected chi connectivity index (χ0v) is 11.9. The summed E-state index contributed by atoms with van der Waals surface area (Å²) in [7, 11) is 0. The molecule has 0 radical (unpaired) electrons. The molecule has 0 aromatic heterocycles. The van der Waals surface area contributed by atoms with Crippen LogP contribution in [0, 0.1) is 13.8 Å². The lowest BCUT2D eigenvalue weighted by Crippen LogP contribution is -2.40. The summed E-state index contributed by atoms with van der Waals surface area (Å²) in [5, 5.41) is 6.87. The Kier molecular flexibility index (Phi) is 3.60. The van der Waals surface area contributed by atoms with Crippen LogP contribution in [0.3, 0.4) is 0 Å². The van der Waals surface area contributed by atoms with Gasteiger partial charge in [0, 0.05) is 12.0 Å². The summed E-state index contributed by atoms with van der Waals surface area (Å²) in [5.74, 6) is -0.0596. The van der Waals surface area contributed by atoms with Gasteiger partial charge in [-0.2, -0.15) is 0 Å². The topological polar surface area (TPSA) is 50.7 Å². The Morgan fingerprint density at radius 1 is 1.42 bits per heavy atom. The molecule has 1 N–H and O–H groups in total. The van der Waals surface area contributed by atoms with Gasteiger partial charge < -0.3 is 10.2 Å². The zero-order chi connectivity index (χ0) is 14.0. The number of carbonyl (C=O) groups is 1. The first-order valence-corrected chi connectivity index (χ1v) is 6.47. The van der Waals surface area contributed by atoms with Gasteiger partial charge in [-0.1, -0.05) is 22.9 Å². The van der Waals surface area contributed by atoms with E-state index >= 15 is 0 Å². The van der Waals surface area contributed by atoms with E-state index in [0.29, 0.717) is 6.54 Å². The monoisotopic (exact) mass is 260 g/mol. The maximum absolute atomic E-state index is 12.2. The van der Waals surface area contributed by atoms with Crippen molar-refractivity contribution in [3.05, 3.63) is 34.9 Å². The molecule has 0 fully saturated rings. The molecular formula is C15H20N2O2. The highest BCUT2D eigenvalue weighted by atomic mass is 16.7. The Balaban J connectivity index is 2.00. The summed E-state index contributed by atoms with van der Waals surface area (Å²) in [4.78, 5) is 17.6. The van der Waals surface area contributed by atoms with E-state index in [0.717, 1.165) is 28.8 Å². The molecule has 0 aliphatic carbocycles. The third-order valence-corrected chi connectivity index (χ3v) is 3.31. The Bertz CT molecular complexity index is 537. The second-order valence-corrected chi connectivity index (χ2v) is 5.55. The average Bonchev–Trinajstić information content (AvgIpc) is 2.70. The molecule has 1 aromatic carbocycles. The smallest absolute Gasteiger partial charge is 0.251 e. The molecule has 0 saturated heterocycles. The molecular weight excluding hydrogens is 240 g/mol. The van der Waals surface area contributed by atoms with Crippen molar-refractivity contribution >= 4 is 11.6 Å². The summed E-state index contributed by atoms with van der Waals surface area (Å²) < 4.78 is 0. The molecule has 102 valence electrons. The number of hydrogen-bond acceptors (Lipinski definition) is 3. The van der Waals surface area contributed by atoms with Crippen LogP contribution in [0.1, 0.15) is 41.8 Å². The van der Waals surface area contributed by atoms with Crippen LogP contribution in [0.4, 0.5) is 0 Å². The van der Waals surface area contributed by atoms with Crippen molar-refractivity contribution in [2.45, 2.75) is 39.7 Å². The fourth-order valence-corrected chi connectivity index (χ4v) is 2.23. The lowest BCUT2D eigenvalue weighted by Gasteiger charge is -2.22. The predicted octanol–water partition coefficient (Wildman–Crippen LogP) is 2.59. The van der Waals surface area contributed by atoms with Crippen molar-refractivity contribution in [3.63, 3.8) is 0 Å². The first-order chi connectivity index (χ1) is 8.89. The minimum atomic E-state index is -0.419. The van der Waals surface area contributed by atoms with E-state index in [4.69, 9.17) is 4.84 Å². The quantitative estimate of drug-likeness (QED) is 0.908. The molecule has 19 heavy (non-hydrogen) atoms. The summed E-state index contributed by atoms with van der Waals surface area (Å²) in [6.07, 6.45) is 0.750. The Hall–Kier alpha value is -1.84. The number of amides is 1. The highest BCUT2D eigenvalue weighted by Gasteiger charge is 2.33. The van der Waals surface area contributed by atoms with E-state index in [1.807, 2.05) is 45.9 Å². The summed E-state index contributed by atoms with van der Waals surface area (Å²) in [5.41, 5.74) is 3.33. The number of benzene rings is 1. The van der Waals surface area contributed by atoms with Gasteiger partial charge in [-0.05, 0) is 39.3 Å². The fraction of sp³-hybridized carbons (Fsp3) is 0.467. The fourth-order valence-electron chi connectivity index (χ4n) is 2.23. The third-order valence-electron chi connectivity index (χ3n) is 3.31. The standard InChI is InChI=1S/C15H20N2O2/c1-10-5-6-11(2)13(7-10)14(18)16-9-15(4)8-12(3)17-19-15/h5-7H,8-9H2,1-4H3,(H,16,18)/t15-/m0/s1. The Morgan fingerprint density at radius 2 is 2.16 bits per heavy atom. The molecule has 4 heteroatoms. The second kappa shape index (κ2) is 5.03. The second-order valence-electron chi connectivity index (χ2n) is 5.55. The van der Waals surface area contributed by atoms with Crippen LogP contribution < -0.4 is 5.32 Å². The molecule has 1 atom stereocenters. The van der Waals surface area contributed by atoms with Crippen LogP contribution >= 0.6 is 0 Å². The minimum Gasteiger partial charge on any atom is -0.387 e. The van der Waals surface area contributed by atoms with E-state index in [2.05, 4.69) is 10.5 Å². The Labute approximate surface area is 113 Å². The SMILES string of the molecule is CC1=NO[C@](C)(CNC(=O)c2cc(C)ccc2C)C1. The summed E-state index contributed by atoms with van der Waals surface area (Å²) in [6.45, 7) is 8.26. The Morgan fingerprint density at radius 3 is 2.79 bits per heavy atom. The molecule has 0 spiro atoms. The van der Waals surface area contributed by atoms with Gasteiger partial charge >= 0.3 is 0 Å². The lowest BCUT2D eigenvalue weighted by molar-refractivity contribution is -0.00182. The van der Waals surface area contributed by atoms with Crippen LogP contribution in [0.5, 0.6) is 0 Å². The van der Waals surface area contributed by atoms with Crippen molar-refractivity contribution in [2.75, 3.05) is 6.54 Å². The van der Waals surface area contributed by atoms with Gasteiger partial charge in [0.1, 0.15) is 0 Å². The van der Waals surface area contributed by atoms with Crippen molar-refractivity contribution in [1.29, 1.82) is 0 Å². The number of carbonyl (C=O) groups excluding carboxylic acids is 1. The van der Waals surface area contributed by atoms with E-state index in [-0.39, 0.29) is 5.91 Å². The maximum atomic E-state index is 12.2. The van der Waals surface area contributed by atoms with Gasteiger partial charge in [0.25, 0.3) is 5.91 Å². The van der Waals surface area contributed by atoms with Gasteiger partial charge in [0.2, 0.25) is 0 Å². The van der Waals surface area contributed by atoms with E-state index in [9.17, 15) is 4.79 Å². The van der Waals surface area contributed by atoms with Gasteiger partial charge in [0.15, 0.2) is 5.60 Å². The van der Waals surface area contributed by atoms with Crippen LogP contribution in [-0.2, 0) is 4.84 Å². The molecule has 1 aromatic rings. The van der Waals surface area contributed by atoms with Crippen molar-refractivity contribution in [3.8, 4) is 0 Å². The van der Waals surface area contributed by atoms with Gasteiger partial charge in [-0.3, -0.25) is 4.79 Å². The van der Waals surface area contributed by atoms with Crippen molar-refractivity contribution in [2.24, 2.45) is 5.16 Å². The number of hydrogen-bond donors (Lipinski definition) is 1. The first-order valence-electron chi connectivity index (χ1n) is 6.47. The van der Waals surface area contributed by atoms with E-state index < -0.39 is 5.60 Å². The molecule has 0 unspecified atom stereocenters. The molecule has 1 heterocycles. The molecule has 4 nitrogen and oxygen atoms in total. The maximum Gasteiger partial charge on any atom is 0.251 e. The highest BCUT2D eigenvalue weighted by Crippen LogP contribution is 2.22. The van der Waals surface area contributed by atoms with Crippen LogP contribution in [0.25, 0.3) is 0 Å². The molecule has 0 saturated carbocycles. The molecule has 0 bridgehead atoms. The molecule has 1 aliphatic heterocycles. The number of rotatable bonds is 3. The molecule has 2 rings (SSSR count). The first kappa shape index (κ1) is 13.6. The predicted molar refractivity (Wildman–Crippen MR) is 75.5 cm³/mol. The van der Waals surface area contributed by atoms with Gasteiger partial charge in [-0.15, -0.1) is 0 Å². The largest absolute Gasteiger partial charge is 0.387 e. The van der Waals surface area contributed by atoms with Gasteiger partial charge in [-0.25, -0.2) is 0 Å². The van der Waals surface area contributed by atoms with Gasteiger partial charge in [0.05, 0.1) is 12.3 Å².